The number of halogens is 2. The molecule has 0 aliphatic rings. The highest BCUT2D eigenvalue weighted by Gasteiger charge is 2.07. The quantitative estimate of drug-likeness (QED) is 0.727. The van der Waals surface area contributed by atoms with Crippen LogP contribution in [0.25, 0.3) is 0 Å². The summed E-state index contributed by atoms with van der Waals surface area (Å²) in [5, 5.41) is 0.410. The van der Waals surface area contributed by atoms with Crippen molar-refractivity contribution in [2.45, 2.75) is 11.8 Å². The van der Waals surface area contributed by atoms with E-state index in [2.05, 4.69) is 0 Å². The highest BCUT2D eigenvalue weighted by Crippen LogP contribution is 2.17. The minimum Gasteiger partial charge on any atom is -0.254 e. The maximum Gasteiger partial charge on any atom is 0.139 e. The van der Waals surface area contributed by atoms with E-state index in [1.54, 1.807) is 6.92 Å². The number of hydrogen-bond donors (Lipinski definition) is 0. The van der Waals surface area contributed by atoms with Gasteiger partial charge >= 0.3 is 0 Å². The van der Waals surface area contributed by atoms with E-state index in [0.717, 1.165) is 0 Å². The summed E-state index contributed by atoms with van der Waals surface area (Å²) in [4.78, 5) is 0.185. The normalized spacial score (nSPS) is 12.9. The van der Waals surface area contributed by atoms with Crippen LogP contribution in [0.15, 0.2) is 23.1 Å². The van der Waals surface area contributed by atoms with Crippen molar-refractivity contribution in [1.82, 2.24) is 0 Å². The highest BCUT2D eigenvalue weighted by atomic mass is 35.5. The predicted molar refractivity (Wildman–Crippen MR) is 48.4 cm³/mol. The maximum absolute atomic E-state index is 13.0. The molecular formula is C8H8ClFOS. The molecule has 1 rings (SSSR count). The molecule has 4 heteroatoms. The van der Waals surface area contributed by atoms with Crippen LogP contribution < -0.4 is 0 Å². The molecule has 0 aliphatic heterocycles. The lowest BCUT2D eigenvalue weighted by Crippen LogP contribution is -1.97. The second kappa shape index (κ2) is 4.01. The lowest BCUT2D eigenvalue weighted by atomic mass is 10.3. The summed E-state index contributed by atoms with van der Waals surface area (Å²) in [7, 11) is -1.27. The van der Waals surface area contributed by atoms with Gasteiger partial charge in [-0.3, -0.25) is 4.21 Å². The van der Waals surface area contributed by atoms with Crippen LogP contribution in [0, 0.1) is 5.82 Å². The van der Waals surface area contributed by atoms with Gasteiger partial charge in [0.1, 0.15) is 5.82 Å². The lowest BCUT2D eigenvalue weighted by Gasteiger charge is -2.00. The monoisotopic (exact) mass is 206 g/mol. The van der Waals surface area contributed by atoms with Gasteiger partial charge in [-0.05, 0) is 18.2 Å². The Morgan fingerprint density at radius 1 is 1.58 bits per heavy atom. The molecule has 0 bridgehead atoms. The standard InChI is InChI=1S/C8H8ClFOS/c1-2-12(11)8-5-6(9)3-4-7(8)10/h3-5H,2H2,1H3. The number of rotatable bonds is 2. The van der Waals surface area contributed by atoms with Crippen LogP contribution in [0.5, 0.6) is 0 Å². The van der Waals surface area contributed by atoms with Crippen molar-refractivity contribution in [2.24, 2.45) is 0 Å². The summed E-state index contributed by atoms with van der Waals surface area (Å²) in [6.07, 6.45) is 0. The van der Waals surface area contributed by atoms with Crippen molar-refractivity contribution in [3.8, 4) is 0 Å². The summed E-state index contributed by atoms with van der Waals surface area (Å²) in [5.41, 5.74) is 0. The topological polar surface area (TPSA) is 17.1 Å². The summed E-state index contributed by atoms with van der Waals surface area (Å²) in [6, 6.07) is 4.06. The second-order valence-corrected chi connectivity index (χ2v) is 4.35. The molecule has 0 heterocycles. The number of benzene rings is 1. The molecule has 0 saturated carbocycles. The predicted octanol–water partition coefficient (Wildman–Crippen LogP) is 2.61. The van der Waals surface area contributed by atoms with E-state index in [1.165, 1.54) is 18.2 Å². The molecule has 0 N–H and O–H groups in total. The molecule has 0 radical (unpaired) electrons. The van der Waals surface area contributed by atoms with Gasteiger partial charge in [0.15, 0.2) is 0 Å². The van der Waals surface area contributed by atoms with Crippen molar-refractivity contribution in [1.29, 1.82) is 0 Å². The molecule has 1 unspecified atom stereocenters. The SMILES string of the molecule is CCS(=O)c1cc(Cl)ccc1F. The Labute approximate surface area is 78.0 Å². The molecule has 1 aromatic carbocycles. The zero-order chi connectivity index (χ0) is 9.14. The minimum atomic E-state index is -1.27. The third-order valence-corrected chi connectivity index (χ3v) is 2.96. The lowest BCUT2D eigenvalue weighted by molar-refractivity contribution is 0.595. The third kappa shape index (κ3) is 2.05. The molecule has 12 heavy (non-hydrogen) atoms. The zero-order valence-corrected chi connectivity index (χ0v) is 8.08. The zero-order valence-electron chi connectivity index (χ0n) is 6.51. The third-order valence-electron chi connectivity index (χ3n) is 1.40. The molecule has 0 fully saturated rings. The van der Waals surface area contributed by atoms with E-state index in [9.17, 15) is 8.60 Å². The summed E-state index contributed by atoms with van der Waals surface area (Å²) in [6.45, 7) is 1.73. The Kier molecular flexibility index (Phi) is 3.23. The average molecular weight is 207 g/mol. The molecular weight excluding hydrogens is 199 g/mol. The first-order chi connectivity index (χ1) is 5.65. The van der Waals surface area contributed by atoms with E-state index in [1.807, 2.05) is 0 Å². The van der Waals surface area contributed by atoms with Crippen molar-refractivity contribution in [3.63, 3.8) is 0 Å². The average Bonchev–Trinajstić information content (AvgIpc) is 2.08. The molecule has 0 saturated heterocycles. The van der Waals surface area contributed by atoms with E-state index >= 15 is 0 Å². The van der Waals surface area contributed by atoms with E-state index in [-0.39, 0.29) is 4.90 Å². The Balaban J connectivity index is 3.13. The smallest absolute Gasteiger partial charge is 0.139 e. The molecule has 0 aromatic heterocycles. The molecule has 1 nitrogen and oxygen atoms in total. The van der Waals surface area contributed by atoms with Crippen molar-refractivity contribution >= 4 is 22.4 Å². The van der Waals surface area contributed by atoms with Gasteiger partial charge in [-0.25, -0.2) is 4.39 Å². The van der Waals surface area contributed by atoms with Crippen molar-refractivity contribution in [3.05, 3.63) is 29.0 Å². The first kappa shape index (κ1) is 9.68. The van der Waals surface area contributed by atoms with E-state index in [0.29, 0.717) is 10.8 Å². The van der Waals surface area contributed by atoms with Gasteiger partial charge in [-0.1, -0.05) is 18.5 Å². The van der Waals surface area contributed by atoms with Gasteiger partial charge in [0.05, 0.1) is 15.7 Å². The van der Waals surface area contributed by atoms with E-state index < -0.39 is 16.6 Å². The Morgan fingerprint density at radius 2 is 2.25 bits per heavy atom. The summed E-state index contributed by atoms with van der Waals surface area (Å²) >= 11 is 5.62. The van der Waals surface area contributed by atoms with Gasteiger partial charge in [-0.15, -0.1) is 0 Å². The van der Waals surface area contributed by atoms with Gasteiger partial charge in [-0.2, -0.15) is 0 Å². The fraction of sp³-hybridized carbons (Fsp3) is 0.250. The Bertz CT molecular complexity index is 314. The summed E-state index contributed by atoms with van der Waals surface area (Å²) < 4.78 is 24.2. The first-order valence-corrected chi connectivity index (χ1v) is 5.18. The fourth-order valence-corrected chi connectivity index (χ4v) is 1.90. The molecule has 0 amide bonds. The largest absolute Gasteiger partial charge is 0.254 e. The molecule has 0 spiro atoms. The highest BCUT2D eigenvalue weighted by molar-refractivity contribution is 7.85. The van der Waals surface area contributed by atoms with Crippen LogP contribution in [-0.2, 0) is 10.8 Å². The van der Waals surface area contributed by atoms with Gasteiger partial charge < -0.3 is 0 Å². The van der Waals surface area contributed by atoms with Gasteiger partial charge in [0.25, 0.3) is 0 Å². The van der Waals surface area contributed by atoms with Crippen LogP contribution in [0.3, 0.4) is 0 Å². The van der Waals surface area contributed by atoms with Crippen LogP contribution in [-0.4, -0.2) is 9.96 Å². The fourth-order valence-electron chi connectivity index (χ4n) is 0.807. The van der Waals surface area contributed by atoms with Crippen LogP contribution >= 0.6 is 11.6 Å². The van der Waals surface area contributed by atoms with Crippen LogP contribution in [0.4, 0.5) is 4.39 Å². The van der Waals surface area contributed by atoms with Crippen LogP contribution in [0.2, 0.25) is 5.02 Å². The number of hydrogen-bond acceptors (Lipinski definition) is 1. The Morgan fingerprint density at radius 3 is 2.83 bits per heavy atom. The molecule has 0 aliphatic carbocycles. The molecule has 1 atom stereocenters. The molecule has 66 valence electrons. The van der Waals surface area contributed by atoms with Gasteiger partial charge in [0, 0.05) is 10.8 Å². The van der Waals surface area contributed by atoms with Crippen molar-refractivity contribution in [2.75, 3.05) is 5.75 Å². The summed E-state index contributed by atoms with van der Waals surface area (Å²) in [5.74, 6) is -0.0587. The van der Waals surface area contributed by atoms with Gasteiger partial charge in [0.2, 0.25) is 0 Å². The van der Waals surface area contributed by atoms with Crippen LogP contribution in [0.1, 0.15) is 6.92 Å². The second-order valence-electron chi connectivity index (χ2n) is 2.21. The first-order valence-electron chi connectivity index (χ1n) is 3.48. The van der Waals surface area contributed by atoms with Crippen molar-refractivity contribution < 1.29 is 8.60 Å². The Hall–Kier alpha value is -0.410. The minimum absolute atomic E-state index is 0.185. The van der Waals surface area contributed by atoms with E-state index in [4.69, 9.17) is 11.6 Å². The maximum atomic E-state index is 13.0. The molecule has 1 aromatic rings.